The van der Waals surface area contributed by atoms with Crippen molar-refractivity contribution in [1.82, 2.24) is 0 Å². The first-order chi connectivity index (χ1) is 3.48. The molecular formula is C3H6O3S2. The zero-order chi connectivity index (χ0) is 6.78. The Morgan fingerprint density at radius 1 is 1.75 bits per heavy atom. The minimum Gasteiger partial charge on any atom is -0.284 e. The zero-order valence-corrected chi connectivity index (χ0v) is 5.69. The predicted molar refractivity (Wildman–Crippen MR) is 34.5 cm³/mol. The molecule has 5 heteroatoms. The average molecular weight is 154 g/mol. The molecule has 1 unspecified atom stereocenters. The highest BCUT2D eigenvalue weighted by Gasteiger charge is 2.12. The van der Waals surface area contributed by atoms with Crippen molar-refractivity contribution in [1.29, 1.82) is 0 Å². The normalized spacial score (nSPS) is 15.2. The van der Waals surface area contributed by atoms with Gasteiger partial charge in [0.1, 0.15) is 4.58 Å². The van der Waals surface area contributed by atoms with Crippen molar-refractivity contribution in [3.05, 3.63) is 12.7 Å². The number of thiol groups is 1. The first-order valence-electron chi connectivity index (χ1n) is 1.75. The van der Waals surface area contributed by atoms with Crippen LogP contribution in [0.5, 0.6) is 0 Å². The van der Waals surface area contributed by atoms with E-state index in [9.17, 15) is 8.42 Å². The minimum atomic E-state index is -4.01. The van der Waals surface area contributed by atoms with Crippen LogP contribution in [0.25, 0.3) is 0 Å². The van der Waals surface area contributed by atoms with Crippen LogP contribution in [0.2, 0.25) is 0 Å². The van der Waals surface area contributed by atoms with Gasteiger partial charge in [0.2, 0.25) is 0 Å². The van der Waals surface area contributed by atoms with Crippen LogP contribution in [0, 0.1) is 0 Å². The van der Waals surface area contributed by atoms with Gasteiger partial charge in [0.15, 0.2) is 0 Å². The Morgan fingerprint density at radius 3 is 2.12 bits per heavy atom. The van der Waals surface area contributed by atoms with Crippen molar-refractivity contribution < 1.29 is 13.0 Å². The van der Waals surface area contributed by atoms with Crippen molar-refractivity contribution in [2.45, 2.75) is 4.58 Å². The Hall–Kier alpha value is -0.0000000000000000763. The standard InChI is InChI=1S/C3H6O3S2/c1-2-3(7)8(4,5)6/h2-3,7H,1H2,(H,4,5,6). The van der Waals surface area contributed by atoms with Crippen molar-refractivity contribution >= 4 is 22.7 Å². The van der Waals surface area contributed by atoms with E-state index in [0.29, 0.717) is 0 Å². The monoisotopic (exact) mass is 154 g/mol. The second-order valence-corrected chi connectivity index (χ2v) is 3.58. The molecule has 0 rings (SSSR count). The van der Waals surface area contributed by atoms with Crippen LogP contribution >= 0.6 is 12.6 Å². The molecule has 1 atom stereocenters. The van der Waals surface area contributed by atoms with Gasteiger partial charge in [0.25, 0.3) is 10.1 Å². The molecule has 0 saturated heterocycles. The van der Waals surface area contributed by atoms with Crippen molar-refractivity contribution in [2.75, 3.05) is 0 Å². The summed E-state index contributed by atoms with van der Waals surface area (Å²) in [6, 6.07) is 0. The molecule has 0 aliphatic carbocycles. The van der Waals surface area contributed by atoms with Gasteiger partial charge < -0.3 is 0 Å². The third kappa shape index (κ3) is 2.34. The number of hydrogen-bond acceptors (Lipinski definition) is 3. The zero-order valence-electron chi connectivity index (χ0n) is 3.98. The van der Waals surface area contributed by atoms with Crippen LogP contribution < -0.4 is 0 Å². The summed E-state index contributed by atoms with van der Waals surface area (Å²) in [6.45, 7) is 3.11. The fourth-order valence-electron chi connectivity index (χ4n) is 0.122. The molecule has 0 radical (unpaired) electrons. The van der Waals surface area contributed by atoms with Crippen LogP contribution in [0.3, 0.4) is 0 Å². The molecule has 0 amide bonds. The molecule has 48 valence electrons. The lowest BCUT2D eigenvalue weighted by molar-refractivity contribution is 0.484. The Bertz CT molecular complexity index is 169. The molecule has 0 aromatic rings. The van der Waals surface area contributed by atoms with E-state index in [1.807, 2.05) is 0 Å². The lowest BCUT2D eigenvalue weighted by atomic mass is 10.8. The van der Waals surface area contributed by atoms with Crippen LogP contribution in [-0.2, 0) is 10.1 Å². The van der Waals surface area contributed by atoms with Crippen molar-refractivity contribution in [3.63, 3.8) is 0 Å². The minimum absolute atomic E-state index is 1.03. The summed E-state index contributed by atoms with van der Waals surface area (Å²) in [7, 11) is -4.01. The molecule has 0 aliphatic rings. The van der Waals surface area contributed by atoms with E-state index >= 15 is 0 Å². The highest BCUT2D eigenvalue weighted by molar-refractivity contribution is 8.02. The molecule has 0 heterocycles. The van der Waals surface area contributed by atoms with E-state index in [4.69, 9.17) is 4.55 Å². The van der Waals surface area contributed by atoms with Gasteiger partial charge in [0.05, 0.1) is 0 Å². The van der Waals surface area contributed by atoms with E-state index in [1.54, 1.807) is 0 Å². The first-order valence-corrected chi connectivity index (χ1v) is 3.77. The van der Waals surface area contributed by atoms with Gasteiger partial charge in [0, 0.05) is 0 Å². The van der Waals surface area contributed by atoms with Crippen molar-refractivity contribution in [2.24, 2.45) is 0 Å². The molecule has 0 bridgehead atoms. The molecule has 1 N–H and O–H groups in total. The van der Waals surface area contributed by atoms with E-state index in [1.165, 1.54) is 0 Å². The molecule has 8 heavy (non-hydrogen) atoms. The highest BCUT2D eigenvalue weighted by atomic mass is 32.3. The summed E-state index contributed by atoms with van der Waals surface area (Å²) in [4.78, 5) is 0. The van der Waals surface area contributed by atoms with Gasteiger partial charge in [-0.1, -0.05) is 6.08 Å². The molecule has 0 spiro atoms. The van der Waals surface area contributed by atoms with E-state index in [0.717, 1.165) is 6.08 Å². The van der Waals surface area contributed by atoms with E-state index in [2.05, 4.69) is 19.2 Å². The van der Waals surface area contributed by atoms with Gasteiger partial charge in [-0.05, 0) is 0 Å². The van der Waals surface area contributed by atoms with Gasteiger partial charge >= 0.3 is 0 Å². The maximum atomic E-state index is 9.97. The van der Waals surface area contributed by atoms with Crippen LogP contribution in [0.15, 0.2) is 12.7 Å². The van der Waals surface area contributed by atoms with Gasteiger partial charge in [-0.25, -0.2) is 0 Å². The van der Waals surface area contributed by atoms with Gasteiger partial charge in [-0.2, -0.15) is 21.0 Å². The molecule has 0 aliphatic heterocycles. The maximum absolute atomic E-state index is 9.97. The fraction of sp³-hybridized carbons (Fsp3) is 0.333. The largest absolute Gasteiger partial charge is 0.284 e. The smallest absolute Gasteiger partial charge is 0.280 e. The summed E-state index contributed by atoms with van der Waals surface area (Å²) < 4.78 is 26.9. The second-order valence-electron chi connectivity index (χ2n) is 1.14. The number of hydrogen-bond donors (Lipinski definition) is 2. The number of rotatable bonds is 2. The Labute approximate surface area is 53.6 Å². The second kappa shape index (κ2) is 2.52. The SMILES string of the molecule is C=CC(S)S(=O)(=O)O. The van der Waals surface area contributed by atoms with E-state index < -0.39 is 14.7 Å². The van der Waals surface area contributed by atoms with Crippen molar-refractivity contribution in [3.8, 4) is 0 Å². The summed E-state index contributed by atoms with van der Waals surface area (Å²) in [5.74, 6) is 0. The van der Waals surface area contributed by atoms with Gasteiger partial charge in [-0.15, -0.1) is 6.58 Å². The third-order valence-electron chi connectivity index (χ3n) is 0.507. The third-order valence-corrected chi connectivity index (χ3v) is 2.32. The Balaban J connectivity index is 4.26. The first kappa shape index (κ1) is 8.00. The Kier molecular flexibility index (Phi) is 2.52. The van der Waals surface area contributed by atoms with Gasteiger partial charge in [-0.3, -0.25) is 4.55 Å². The summed E-state index contributed by atoms with van der Waals surface area (Å²) in [5.41, 5.74) is 0. The lowest BCUT2D eigenvalue weighted by Crippen LogP contribution is -2.09. The average Bonchev–Trinajstić information content (AvgIpc) is 1.62. The van der Waals surface area contributed by atoms with Crippen LogP contribution in [-0.4, -0.2) is 17.6 Å². The summed E-state index contributed by atoms with van der Waals surface area (Å²) in [5, 5.41) is 0. The van der Waals surface area contributed by atoms with Crippen LogP contribution in [0.1, 0.15) is 0 Å². The molecule has 3 nitrogen and oxygen atoms in total. The van der Waals surface area contributed by atoms with Crippen LogP contribution in [0.4, 0.5) is 0 Å². The molecule has 0 aromatic carbocycles. The predicted octanol–water partition coefficient (Wildman–Crippen LogP) is 0.316. The summed E-state index contributed by atoms with van der Waals surface area (Å²) in [6.07, 6.45) is 1.03. The topological polar surface area (TPSA) is 54.4 Å². The summed E-state index contributed by atoms with van der Waals surface area (Å²) >= 11 is 3.45. The fourth-order valence-corrected chi connectivity index (χ4v) is 0.365. The maximum Gasteiger partial charge on any atom is 0.280 e. The van der Waals surface area contributed by atoms with E-state index in [-0.39, 0.29) is 0 Å². The molecule has 0 saturated carbocycles. The lowest BCUT2D eigenvalue weighted by Gasteiger charge is -1.96. The molecular weight excluding hydrogens is 148 g/mol. The Morgan fingerprint density at radius 2 is 2.12 bits per heavy atom. The molecule has 0 aromatic heterocycles. The quantitative estimate of drug-likeness (QED) is 0.342. The molecule has 0 fully saturated rings. The highest BCUT2D eigenvalue weighted by Crippen LogP contribution is 2.02.